The number of aliphatic hydroxyl groups excluding tert-OH is 1. The average molecular weight is 337 g/mol. The van der Waals surface area contributed by atoms with E-state index in [9.17, 15) is 16.8 Å². The highest BCUT2D eigenvalue weighted by Gasteiger charge is 2.21. The highest BCUT2D eigenvalue weighted by Crippen LogP contribution is 2.18. The van der Waals surface area contributed by atoms with Crippen molar-refractivity contribution in [1.29, 1.82) is 0 Å². The molecule has 21 heavy (non-hydrogen) atoms. The van der Waals surface area contributed by atoms with Gasteiger partial charge >= 0.3 is 0 Å². The van der Waals surface area contributed by atoms with E-state index in [1.165, 1.54) is 31.3 Å². The molecule has 7 nitrogen and oxygen atoms in total. The first-order valence-electron chi connectivity index (χ1n) is 6.14. The molecular formula is C12H19NO6S2. The Morgan fingerprint density at radius 2 is 1.71 bits per heavy atom. The van der Waals surface area contributed by atoms with E-state index in [1.807, 2.05) is 0 Å². The molecule has 0 aliphatic heterocycles. The summed E-state index contributed by atoms with van der Waals surface area (Å²) in [5.74, 6) is 0.210. The van der Waals surface area contributed by atoms with Crippen molar-refractivity contribution in [3.05, 3.63) is 24.3 Å². The molecule has 0 radical (unpaired) electrons. The summed E-state index contributed by atoms with van der Waals surface area (Å²) in [6.45, 7) is -0.113. The monoisotopic (exact) mass is 337 g/mol. The Morgan fingerprint density at radius 3 is 2.19 bits per heavy atom. The number of sulfonamides is 1. The molecule has 0 aliphatic carbocycles. The molecule has 0 saturated heterocycles. The number of ether oxygens (including phenoxy) is 1. The second kappa shape index (κ2) is 7.21. The van der Waals surface area contributed by atoms with Gasteiger partial charge in [0.25, 0.3) is 0 Å². The zero-order valence-corrected chi connectivity index (χ0v) is 13.5. The Kier molecular flexibility index (Phi) is 6.14. The minimum absolute atomic E-state index is 0.0508. The normalized spacial score (nSPS) is 12.6. The van der Waals surface area contributed by atoms with Crippen LogP contribution >= 0.6 is 0 Å². The molecule has 0 bridgehead atoms. The Labute approximate surface area is 125 Å². The molecule has 0 amide bonds. The summed E-state index contributed by atoms with van der Waals surface area (Å²) in [6.07, 6.45) is 1.06. The molecular weight excluding hydrogens is 318 g/mol. The number of sulfone groups is 1. The number of nitrogens with zero attached hydrogens (tertiary/aromatic N) is 1. The molecule has 1 aromatic rings. The third-order valence-electron chi connectivity index (χ3n) is 2.67. The lowest BCUT2D eigenvalue weighted by Crippen LogP contribution is -2.31. The maximum atomic E-state index is 12.2. The van der Waals surface area contributed by atoms with Gasteiger partial charge in [-0.3, -0.25) is 0 Å². The molecule has 9 heteroatoms. The van der Waals surface area contributed by atoms with E-state index < -0.39 is 19.9 Å². The van der Waals surface area contributed by atoms with Gasteiger partial charge in [-0.05, 0) is 24.3 Å². The number of aliphatic hydroxyl groups is 1. The van der Waals surface area contributed by atoms with E-state index in [-0.39, 0.29) is 30.4 Å². The Morgan fingerprint density at radius 1 is 1.14 bits per heavy atom. The first-order chi connectivity index (χ1) is 9.66. The third kappa shape index (κ3) is 5.62. The van der Waals surface area contributed by atoms with Gasteiger partial charge in [0.05, 0.1) is 17.3 Å². The lowest BCUT2D eigenvalue weighted by atomic mass is 10.3. The Balaban J connectivity index is 2.82. The van der Waals surface area contributed by atoms with Crippen LogP contribution in [0.3, 0.4) is 0 Å². The van der Waals surface area contributed by atoms with Crippen molar-refractivity contribution in [2.45, 2.75) is 4.90 Å². The third-order valence-corrected chi connectivity index (χ3v) is 5.46. The molecule has 1 rings (SSSR count). The summed E-state index contributed by atoms with van der Waals surface area (Å²) in [6, 6.07) is 5.71. The molecule has 0 aromatic heterocycles. The zero-order chi connectivity index (χ0) is 16.1. The van der Waals surface area contributed by atoms with E-state index in [0.29, 0.717) is 5.75 Å². The molecule has 0 saturated carbocycles. The van der Waals surface area contributed by atoms with Gasteiger partial charge in [-0.1, -0.05) is 0 Å². The van der Waals surface area contributed by atoms with Gasteiger partial charge in [-0.2, -0.15) is 4.31 Å². The first kappa shape index (κ1) is 17.9. The quantitative estimate of drug-likeness (QED) is 0.700. The molecule has 0 fully saturated rings. The largest absolute Gasteiger partial charge is 0.491 e. The van der Waals surface area contributed by atoms with E-state index in [0.717, 1.165) is 10.6 Å². The number of benzene rings is 1. The zero-order valence-electron chi connectivity index (χ0n) is 11.9. The lowest BCUT2D eigenvalue weighted by molar-refractivity contribution is 0.201. The number of hydrogen-bond acceptors (Lipinski definition) is 6. The van der Waals surface area contributed by atoms with Gasteiger partial charge in [0.2, 0.25) is 10.0 Å². The van der Waals surface area contributed by atoms with Crippen molar-refractivity contribution in [3.63, 3.8) is 0 Å². The van der Waals surface area contributed by atoms with Crippen molar-refractivity contribution < 1.29 is 26.7 Å². The second-order valence-corrected chi connectivity index (χ2v) is 8.80. The van der Waals surface area contributed by atoms with E-state index in [2.05, 4.69) is 0 Å². The van der Waals surface area contributed by atoms with E-state index >= 15 is 0 Å². The van der Waals surface area contributed by atoms with Crippen LogP contribution in [0, 0.1) is 0 Å². The summed E-state index contributed by atoms with van der Waals surface area (Å²) >= 11 is 0. The maximum absolute atomic E-state index is 12.2. The predicted molar refractivity (Wildman–Crippen MR) is 78.5 cm³/mol. The maximum Gasteiger partial charge on any atom is 0.242 e. The van der Waals surface area contributed by atoms with Crippen LogP contribution in [0.25, 0.3) is 0 Å². The summed E-state index contributed by atoms with van der Waals surface area (Å²) in [7, 11) is -5.63. The molecule has 0 aliphatic rings. The lowest BCUT2D eigenvalue weighted by Gasteiger charge is -2.16. The van der Waals surface area contributed by atoms with Crippen molar-refractivity contribution in [2.75, 3.05) is 38.8 Å². The molecule has 1 aromatic carbocycles. The first-order valence-corrected chi connectivity index (χ1v) is 9.64. The summed E-state index contributed by atoms with van der Waals surface area (Å²) in [4.78, 5) is 0.0508. The fourth-order valence-corrected chi connectivity index (χ4v) is 3.36. The molecule has 0 atom stereocenters. The topological polar surface area (TPSA) is 101 Å². The smallest absolute Gasteiger partial charge is 0.242 e. The molecule has 0 spiro atoms. The van der Waals surface area contributed by atoms with Crippen molar-refractivity contribution in [2.24, 2.45) is 0 Å². The molecule has 1 N–H and O–H groups in total. The van der Waals surface area contributed by atoms with Gasteiger partial charge in [0.1, 0.15) is 22.2 Å². The average Bonchev–Trinajstić information content (AvgIpc) is 2.42. The standard InChI is InChI=1S/C12H19NO6S2/c1-13(7-10-20(2,15)16)21(17,18)12-5-3-11(4-6-12)19-9-8-14/h3-6,14H,7-10H2,1-2H3. The van der Waals surface area contributed by atoms with Gasteiger partial charge < -0.3 is 9.84 Å². The van der Waals surface area contributed by atoms with Crippen LogP contribution in [-0.2, 0) is 19.9 Å². The van der Waals surface area contributed by atoms with Crippen LogP contribution in [0.15, 0.2) is 29.2 Å². The van der Waals surface area contributed by atoms with Crippen LogP contribution < -0.4 is 4.74 Å². The number of rotatable bonds is 8. The van der Waals surface area contributed by atoms with Crippen LogP contribution in [0.1, 0.15) is 0 Å². The fraction of sp³-hybridized carbons (Fsp3) is 0.500. The van der Waals surface area contributed by atoms with Gasteiger partial charge in [0.15, 0.2) is 0 Å². The van der Waals surface area contributed by atoms with Crippen LogP contribution in [0.2, 0.25) is 0 Å². The second-order valence-electron chi connectivity index (χ2n) is 4.50. The van der Waals surface area contributed by atoms with Crippen LogP contribution in [0.5, 0.6) is 5.75 Å². The fourth-order valence-electron chi connectivity index (χ4n) is 1.47. The number of hydrogen-bond donors (Lipinski definition) is 1. The molecule has 0 heterocycles. The van der Waals surface area contributed by atoms with Gasteiger partial charge in [-0.25, -0.2) is 16.8 Å². The minimum atomic E-state index is -3.73. The van der Waals surface area contributed by atoms with Gasteiger partial charge in [-0.15, -0.1) is 0 Å². The van der Waals surface area contributed by atoms with Crippen LogP contribution in [0.4, 0.5) is 0 Å². The minimum Gasteiger partial charge on any atom is -0.491 e. The van der Waals surface area contributed by atoms with Crippen molar-refractivity contribution in [1.82, 2.24) is 4.31 Å². The van der Waals surface area contributed by atoms with E-state index in [4.69, 9.17) is 9.84 Å². The highest BCUT2D eigenvalue weighted by molar-refractivity contribution is 7.91. The molecule has 120 valence electrons. The summed E-state index contributed by atoms with van der Waals surface area (Å²) in [5, 5.41) is 8.63. The Bertz CT molecular complexity index is 651. The van der Waals surface area contributed by atoms with Crippen molar-refractivity contribution in [3.8, 4) is 5.75 Å². The highest BCUT2D eigenvalue weighted by atomic mass is 32.2. The van der Waals surface area contributed by atoms with Gasteiger partial charge in [0, 0.05) is 19.8 Å². The Hall–Kier alpha value is -1.16. The SMILES string of the molecule is CN(CCS(C)(=O)=O)S(=O)(=O)c1ccc(OCCO)cc1. The van der Waals surface area contributed by atoms with Crippen molar-refractivity contribution >= 4 is 19.9 Å². The summed E-state index contributed by atoms with van der Waals surface area (Å²) < 4.78 is 52.8. The predicted octanol–water partition coefficient (Wildman–Crippen LogP) is -0.277. The van der Waals surface area contributed by atoms with E-state index in [1.54, 1.807) is 0 Å². The van der Waals surface area contributed by atoms with Crippen LogP contribution in [-0.4, -0.2) is 65.1 Å². The summed E-state index contributed by atoms with van der Waals surface area (Å²) in [5.41, 5.74) is 0. The molecule has 0 unspecified atom stereocenters.